The van der Waals surface area contributed by atoms with Crippen LogP contribution in [0.5, 0.6) is 0 Å². The molecule has 0 heterocycles. The van der Waals surface area contributed by atoms with Gasteiger partial charge in [-0.2, -0.15) is 0 Å². The lowest BCUT2D eigenvalue weighted by molar-refractivity contribution is -0.132. The third-order valence-electron chi connectivity index (χ3n) is 2.75. The van der Waals surface area contributed by atoms with Crippen LogP contribution in [0.15, 0.2) is 28.7 Å². The first-order valence-corrected chi connectivity index (χ1v) is 6.98. The van der Waals surface area contributed by atoms with E-state index in [0.29, 0.717) is 19.4 Å². The van der Waals surface area contributed by atoms with Crippen molar-refractivity contribution >= 4 is 21.8 Å². The van der Waals surface area contributed by atoms with Gasteiger partial charge in [0.25, 0.3) is 0 Å². The molecule has 1 aromatic rings. The molecule has 0 bridgehead atoms. The molecule has 0 spiro atoms. The molecule has 4 heteroatoms. The monoisotopic (exact) mass is 313 g/mol. The molecule has 0 unspecified atom stereocenters. The molecule has 0 aliphatic rings. The Labute approximate surface area is 117 Å². The first-order chi connectivity index (χ1) is 8.54. The van der Waals surface area contributed by atoms with Crippen molar-refractivity contribution in [1.82, 2.24) is 4.90 Å². The summed E-state index contributed by atoms with van der Waals surface area (Å²) in [6.45, 7) is 4.72. The predicted octanol–water partition coefficient (Wildman–Crippen LogP) is 2.61. The number of carbonyl (C=O) groups excluding carboxylic acids is 1. The van der Waals surface area contributed by atoms with E-state index in [4.69, 9.17) is 5.11 Å². The first-order valence-electron chi connectivity index (χ1n) is 6.19. The van der Waals surface area contributed by atoms with Crippen LogP contribution in [-0.2, 0) is 11.2 Å². The number of carbonyl (C=O) groups is 1. The van der Waals surface area contributed by atoms with E-state index in [1.807, 2.05) is 43.0 Å². The first kappa shape index (κ1) is 15.2. The molecule has 0 atom stereocenters. The van der Waals surface area contributed by atoms with Gasteiger partial charge in [0.1, 0.15) is 0 Å². The van der Waals surface area contributed by atoms with Crippen LogP contribution in [0.2, 0.25) is 0 Å². The second kappa shape index (κ2) is 7.54. The van der Waals surface area contributed by atoms with Gasteiger partial charge in [-0.05, 0) is 38.0 Å². The van der Waals surface area contributed by atoms with E-state index in [1.54, 1.807) is 0 Å². The van der Waals surface area contributed by atoms with Gasteiger partial charge in [-0.3, -0.25) is 4.79 Å². The van der Waals surface area contributed by atoms with Crippen molar-refractivity contribution in [2.45, 2.75) is 32.7 Å². The van der Waals surface area contributed by atoms with Crippen molar-refractivity contribution < 1.29 is 9.90 Å². The van der Waals surface area contributed by atoms with E-state index in [9.17, 15) is 4.79 Å². The van der Waals surface area contributed by atoms with Crippen molar-refractivity contribution in [1.29, 1.82) is 0 Å². The summed E-state index contributed by atoms with van der Waals surface area (Å²) in [7, 11) is 0. The zero-order valence-electron chi connectivity index (χ0n) is 10.9. The van der Waals surface area contributed by atoms with E-state index in [2.05, 4.69) is 15.9 Å². The Morgan fingerprint density at radius 3 is 2.72 bits per heavy atom. The molecular weight excluding hydrogens is 294 g/mol. The minimum Gasteiger partial charge on any atom is -0.396 e. The van der Waals surface area contributed by atoms with Gasteiger partial charge in [-0.1, -0.05) is 28.1 Å². The van der Waals surface area contributed by atoms with Crippen LogP contribution in [-0.4, -0.2) is 35.1 Å². The maximum Gasteiger partial charge on any atom is 0.227 e. The summed E-state index contributed by atoms with van der Waals surface area (Å²) in [4.78, 5) is 14.0. The molecule has 1 rings (SSSR count). The maximum absolute atomic E-state index is 12.2. The summed E-state index contributed by atoms with van der Waals surface area (Å²) in [5.74, 6) is 0.108. The van der Waals surface area contributed by atoms with Crippen molar-refractivity contribution in [3.05, 3.63) is 34.3 Å². The van der Waals surface area contributed by atoms with Crippen molar-refractivity contribution in [3.8, 4) is 0 Å². The Kier molecular flexibility index (Phi) is 6.36. The van der Waals surface area contributed by atoms with E-state index in [1.165, 1.54) is 0 Å². The summed E-state index contributed by atoms with van der Waals surface area (Å²) in [6.07, 6.45) is 1.03. The molecule has 0 aliphatic carbocycles. The molecule has 18 heavy (non-hydrogen) atoms. The minimum atomic E-state index is 0.108. The molecule has 0 saturated carbocycles. The molecule has 3 nitrogen and oxygen atoms in total. The lowest BCUT2D eigenvalue weighted by Gasteiger charge is -2.26. The van der Waals surface area contributed by atoms with E-state index >= 15 is 0 Å². The summed E-state index contributed by atoms with van der Waals surface area (Å²) in [6, 6.07) is 7.95. The summed E-state index contributed by atoms with van der Waals surface area (Å²) >= 11 is 3.40. The maximum atomic E-state index is 12.2. The standard InChI is InChI=1S/C14H20BrNO2/c1-11(2)16(7-4-8-17)14(18)10-12-5-3-6-13(15)9-12/h3,5-6,9,11,17H,4,7-8,10H2,1-2H3. The van der Waals surface area contributed by atoms with Crippen LogP contribution in [0.25, 0.3) is 0 Å². The molecule has 0 fully saturated rings. The second-order valence-electron chi connectivity index (χ2n) is 4.56. The number of halogens is 1. The number of hydrogen-bond acceptors (Lipinski definition) is 2. The summed E-state index contributed by atoms with van der Waals surface area (Å²) in [5.41, 5.74) is 1.00. The zero-order chi connectivity index (χ0) is 13.5. The fourth-order valence-electron chi connectivity index (χ4n) is 1.84. The van der Waals surface area contributed by atoms with E-state index < -0.39 is 0 Å². The van der Waals surface area contributed by atoms with Crippen molar-refractivity contribution in [3.63, 3.8) is 0 Å². The van der Waals surface area contributed by atoms with Crippen LogP contribution in [0, 0.1) is 0 Å². The largest absolute Gasteiger partial charge is 0.396 e. The molecule has 100 valence electrons. The molecule has 1 amide bonds. The van der Waals surface area contributed by atoms with Gasteiger partial charge in [0.15, 0.2) is 0 Å². The fourth-order valence-corrected chi connectivity index (χ4v) is 2.28. The normalized spacial score (nSPS) is 10.7. The van der Waals surface area contributed by atoms with Gasteiger partial charge >= 0.3 is 0 Å². The summed E-state index contributed by atoms with van der Waals surface area (Å²) in [5, 5.41) is 8.86. The second-order valence-corrected chi connectivity index (χ2v) is 5.48. The highest BCUT2D eigenvalue weighted by atomic mass is 79.9. The molecule has 0 aliphatic heterocycles. The van der Waals surface area contributed by atoms with Crippen molar-refractivity contribution in [2.24, 2.45) is 0 Å². The number of amides is 1. The molecule has 1 aromatic carbocycles. The van der Waals surface area contributed by atoms with Crippen LogP contribution in [0.3, 0.4) is 0 Å². The molecule has 0 radical (unpaired) electrons. The minimum absolute atomic E-state index is 0.108. The molecule has 0 saturated heterocycles. The van der Waals surface area contributed by atoms with Crippen LogP contribution < -0.4 is 0 Å². The highest BCUT2D eigenvalue weighted by Gasteiger charge is 2.16. The van der Waals surface area contributed by atoms with E-state index in [-0.39, 0.29) is 18.6 Å². The highest BCUT2D eigenvalue weighted by Crippen LogP contribution is 2.13. The average Bonchev–Trinajstić information content (AvgIpc) is 2.29. The number of aliphatic hydroxyl groups excluding tert-OH is 1. The van der Waals surface area contributed by atoms with E-state index in [0.717, 1.165) is 10.0 Å². The highest BCUT2D eigenvalue weighted by molar-refractivity contribution is 9.10. The lowest BCUT2D eigenvalue weighted by Crippen LogP contribution is -2.39. The summed E-state index contributed by atoms with van der Waals surface area (Å²) < 4.78 is 0.985. The Morgan fingerprint density at radius 2 is 2.17 bits per heavy atom. The fraction of sp³-hybridized carbons (Fsp3) is 0.500. The van der Waals surface area contributed by atoms with Gasteiger partial charge < -0.3 is 10.0 Å². The Bertz CT molecular complexity index is 393. The van der Waals surface area contributed by atoms with Gasteiger partial charge in [-0.15, -0.1) is 0 Å². The van der Waals surface area contributed by atoms with Crippen LogP contribution in [0.4, 0.5) is 0 Å². The number of hydrogen-bond donors (Lipinski definition) is 1. The Balaban J connectivity index is 2.66. The number of aliphatic hydroxyl groups is 1. The molecular formula is C14H20BrNO2. The topological polar surface area (TPSA) is 40.5 Å². The smallest absolute Gasteiger partial charge is 0.227 e. The van der Waals surface area contributed by atoms with Gasteiger partial charge in [0.05, 0.1) is 6.42 Å². The third-order valence-corrected chi connectivity index (χ3v) is 3.24. The third kappa shape index (κ3) is 4.78. The molecule has 0 aromatic heterocycles. The van der Waals surface area contributed by atoms with Gasteiger partial charge in [0, 0.05) is 23.7 Å². The van der Waals surface area contributed by atoms with Crippen molar-refractivity contribution in [2.75, 3.05) is 13.2 Å². The molecule has 1 N–H and O–H groups in total. The van der Waals surface area contributed by atoms with Crippen LogP contribution in [0.1, 0.15) is 25.8 Å². The van der Waals surface area contributed by atoms with Crippen LogP contribution >= 0.6 is 15.9 Å². The predicted molar refractivity (Wildman–Crippen MR) is 76.4 cm³/mol. The van der Waals surface area contributed by atoms with Gasteiger partial charge in [0.2, 0.25) is 5.91 Å². The lowest BCUT2D eigenvalue weighted by atomic mass is 10.1. The number of rotatable bonds is 6. The average molecular weight is 314 g/mol. The Hall–Kier alpha value is -0.870. The quantitative estimate of drug-likeness (QED) is 0.877. The van der Waals surface area contributed by atoms with Gasteiger partial charge in [-0.25, -0.2) is 0 Å². The SMILES string of the molecule is CC(C)N(CCCO)C(=O)Cc1cccc(Br)c1. The zero-order valence-corrected chi connectivity index (χ0v) is 12.5. The Morgan fingerprint density at radius 1 is 1.44 bits per heavy atom. The number of benzene rings is 1. The number of nitrogens with zero attached hydrogens (tertiary/aromatic N) is 1.